The molecule has 4 unspecified atom stereocenters. The molecule has 0 bridgehead atoms. The highest BCUT2D eigenvalue weighted by Gasteiger charge is 2.27. The molecule has 0 heterocycles. The third kappa shape index (κ3) is 8.68. The van der Waals surface area contributed by atoms with Gasteiger partial charge in [0.25, 0.3) is 0 Å². The second kappa shape index (κ2) is 16.3. The molecular weight excluding hydrogens is 744 g/mol. The summed E-state index contributed by atoms with van der Waals surface area (Å²) in [7, 11) is 0. The number of halogens is 1. The third-order valence-electron chi connectivity index (χ3n) is 10.1. The average molecular weight is 788 g/mol. The van der Waals surface area contributed by atoms with E-state index >= 15 is 0 Å². The lowest BCUT2D eigenvalue weighted by Gasteiger charge is -2.19. The van der Waals surface area contributed by atoms with Gasteiger partial charge in [-0.25, -0.2) is 9.59 Å². The van der Waals surface area contributed by atoms with Gasteiger partial charge in [-0.15, -0.1) is 0 Å². The van der Waals surface area contributed by atoms with Crippen LogP contribution in [0.3, 0.4) is 0 Å². The number of carbonyl (C=O) groups excluding carboxylic acids is 2. The van der Waals surface area contributed by atoms with E-state index in [4.69, 9.17) is 0 Å². The molecule has 54 heavy (non-hydrogen) atoms. The molecule has 0 saturated carbocycles. The normalized spacial score (nSPS) is 15.3. The van der Waals surface area contributed by atoms with Crippen molar-refractivity contribution >= 4 is 49.5 Å². The molecule has 1 aliphatic carbocycles. The summed E-state index contributed by atoms with van der Waals surface area (Å²) in [6, 6.07) is 35.6. The second-order valence-electron chi connectivity index (χ2n) is 14.1. The number of fused-ring (bicyclic) bond motifs is 3. The highest BCUT2D eigenvalue weighted by atomic mass is 79.9. The zero-order valence-corrected chi connectivity index (χ0v) is 31.4. The summed E-state index contributed by atoms with van der Waals surface area (Å²) in [5.41, 5.74) is 6.09. The monoisotopic (exact) mass is 786 g/mol. The molecule has 0 saturated heterocycles. The Morgan fingerprint density at radius 2 is 1.30 bits per heavy atom. The van der Waals surface area contributed by atoms with Gasteiger partial charge in [-0.2, -0.15) is 0 Å². The summed E-state index contributed by atoms with van der Waals surface area (Å²) in [5.74, 6) is 0.105. The average Bonchev–Trinajstić information content (AvgIpc) is 3.57. The van der Waals surface area contributed by atoms with Crippen LogP contribution >= 0.6 is 15.9 Å². The van der Waals surface area contributed by atoms with Gasteiger partial charge < -0.3 is 36.6 Å². The predicted octanol–water partition coefficient (Wildman–Crippen LogP) is 8.11. The number of carbonyl (C=O) groups is 2. The van der Waals surface area contributed by atoms with E-state index in [1.165, 1.54) is 0 Å². The number of aliphatic hydroxyl groups is 2. The highest BCUT2D eigenvalue weighted by molar-refractivity contribution is 9.10. The van der Waals surface area contributed by atoms with E-state index in [9.17, 15) is 24.9 Å². The largest absolute Gasteiger partial charge is 0.508 e. The maximum Gasteiger partial charge on any atom is 0.315 e. The van der Waals surface area contributed by atoms with Gasteiger partial charge in [-0.05, 0) is 123 Å². The summed E-state index contributed by atoms with van der Waals surface area (Å²) >= 11 is 3.74. The van der Waals surface area contributed by atoms with Crippen molar-refractivity contribution in [3.05, 3.63) is 148 Å². The third-order valence-corrected chi connectivity index (χ3v) is 10.8. The maximum atomic E-state index is 13.0. The summed E-state index contributed by atoms with van der Waals surface area (Å²) in [6.07, 6.45) is 0.279. The molecule has 9 nitrogen and oxygen atoms in total. The van der Waals surface area contributed by atoms with Crippen molar-refractivity contribution in [1.82, 2.24) is 21.3 Å². The Balaban J connectivity index is 0.950. The van der Waals surface area contributed by atoms with Crippen molar-refractivity contribution in [3.8, 4) is 16.9 Å². The van der Waals surface area contributed by atoms with Gasteiger partial charge in [0, 0.05) is 23.6 Å². The minimum Gasteiger partial charge on any atom is -0.508 e. The number of urea groups is 2. The maximum absolute atomic E-state index is 13.0. The van der Waals surface area contributed by atoms with Crippen LogP contribution < -0.4 is 21.3 Å². The fourth-order valence-corrected chi connectivity index (χ4v) is 7.96. The van der Waals surface area contributed by atoms with Crippen molar-refractivity contribution < 1.29 is 24.9 Å². The first-order valence-corrected chi connectivity index (χ1v) is 19.0. The minimum absolute atomic E-state index is 0.0607. The first-order chi connectivity index (χ1) is 26.1. The molecule has 4 atom stereocenters. The Kier molecular flexibility index (Phi) is 11.1. The Morgan fingerprint density at radius 3 is 1.93 bits per heavy atom. The molecule has 0 spiro atoms. The number of phenolic OH excluding ortho intramolecular Hbond substituents is 1. The number of nitrogens with one attached hydrogen (secondary N) is 4. The number of hydrogen-bond donors (Lipinski definition) is 7. The van der Waals surface area contributed by atoms with Crippen LogP contribution in [-0.4, -0.2) is 46.5 Å². The predicted molar refractivity (Wildman–Crippen MR) is 216 cm³/mol. The topological polar surface area (TPSA) is 143 Å². The SMILES string of the molecule is CC(Cc1cc(O)cc(-c2cc(Br)c3c(c2)C(NC(=O)NCC(O)c2ccc4ccccc4c2)CC3)c1)NC(=O)NCC(O)c1ccc2ccccc2c1. The quantitative estimate of drug-likeness (QED) is 0.0711. The van der Waals surface area contributed by atoms with Crippen LogP contribution in [0.1, 0.15) is 59.4 Å². The Hall–Kier alpha value is -5.42. The number of phenols is 1. The molecule has 7 N–H and O–H groups in total. The molecular formula is C44H43BrN4O5. The van der Waals surface area contributed by atoms with Gasteiger partial charge in [0.1, 0.15) is 5.75 Å². The van der Waals surface area contributed by atoms with Gasteiger partial charge in [0.15, 0.2) is 0 Å². The van der Waals surface area contributed by atoms with Crippen LogP contribution in [0, 0.1) is 0 Å². The standard InChI is InChI=1S/C44H43BrN4O5/c1-26(48-43(53)46-24-41(51)32-12-10-28-6-2-4-8-30(28)19-32)16-27-17-34(21-36(50)18-27)35-22-38-37(39(45)23-35)14-15-40(38)49-44(54)47-25-42(52)33-13-11-29-7-3-5-9-31(29)20-33/h2-13,17-23,26,40-42,50-52H,14-16,24-25H2,1H3,(H2,46,48,53)(H2,47,49,54). The van der Waals surface area contributed by atoms with Crippen LogP contribution in [0.5, 0.6) is 5.75 Å². The van der Waals surface area contributed by atoms with Gasteiger partial charge >= 0.3 is 12.1 Å². The molecule has 10 heteroatoms. The molecule has 6 aromatic rings. The van der Waals surface area contributed by atoms with E-state index in [0.717, 1.165) is 77.8 Å². The van der Waals surface area contributed by atoms with Crippen LogP contribution in [0.25, 0.3) is 32.7 Å². The van der Waals surface area contributed by atoms with E-state index in [-0.39, 0.29) is 37.0 Å². The zero-order valence-electron chi connectivity index (χ0n) is 29.9. The van der Waals surface area contributed by atoms with Crippen LogP contribution in [0.2, 0.25) is 0 Å². The lowest BCUT2D eigenvalue weighted by molar-refractivity contribution is 0.172. The minimum atomic E-state index is -0.853. The van der Waals surface area contributed by atoms with Crippen molar-refractivity contribution in [2.24, 2.45) is 0 Å². The van der Waals surface area contributed by atoms with Crippen LogP contribution in [0.15, 0.2) is 120 Å². The van der Waals surface area contributed by atoms with Gasteiger partial charge in [0.05, 0.1) is 18.2 Å². The number of rotatable bonds is 11. The summed E-state index contributed by atoms with van der Waals surface area (Å²) in [6.45, 7) is 2.02. The zero-order chi connectivity index (χ0) is 37.8. The number of hydrogen-bond acceptors (Lipinski definition) is 5. The molecule has 1 aliphatic rings. The summed E-state index contributed by atoms with van der Waals surface area (Å²) in [4.78, 5) is 25.8. The van der Waals surface area contributed by atoms with Crippen LogP contribution in [0.4, 0.5) is 9.59 Å². The number of benzene rings is 6. The van der Waals surface area contributed by atoms with Gasteiger partial charge in [-0.3, -0.25) is 0 Å². The molecule has 0 radical (unpaired) electrons. The first kappa shape index (κ1) is 36.9. The smallest absolute Gasteiger partial charge is 0.315 e. The van der Waals surface area contributed by atoms with Crippen molar-refractivity contribution in [1.29, 1.82) is 0 Å². The molecule has 7 rings (SSSR count). The number of aliphatic hydroxyl groups excluding tert-OH is 2. The van der Waals surface area contributed by atoms with E-state index in [2.05, 4.69) is 43.3 Å². The van der Waals surface area contributed by atoms with Crippen molar-refractivity contribution in [2.75, 3.05) is 13.1 Å². The van der Waals surface area contributed by atoms with E-state index in [1.54, 1.807) is 12.1 Å². The first-order valence-electron chi connectivity index (χ1n) is 18.2. The summed E-state index contributed by atoms with van der Waals surface area (Å²) < 4.78 is 0.925. The molecule has 0 aliphatic heterocycles. The lowest BCUT2D eigenvalue weighted by Crippen LogP contribution is -2.43. The Labute approximate surface area is 322 Å². The van der Waals surface area contributed by atoms with Crippen molar-refractivity contribution in [2.45, 2.75) is 50.5 Å². The molecule has 6 aromatic carbocycles. The van der Waals surface area contributed by atoms with Gasteiger partial charge in [0.2, 0.25) is 0 Å². The molecule has 0 aromatic heterocycles. The highest BCUT2D eigenvalue weighted by Crippen LogP contribution is 2.40. The molecule has 4 amide bonds. The second-order valence-corrected chi connectivity index (χ2v) is 14.9. The van der Waals surface area contributed by atoms with Gasteiger partial charge in [-0.1, -0.05) is 94.8 Å². The Bertz CT molecular complexity index is 2330. The molecule has 0 fully saturated rings. The molecule has 276 valence electrons. The van der Waals surface area contributed by atoms with Crippen LogP contribution in [-0.2, 0) is 12.8 Å². The van der Waals surface area contributed by atoms with E-state index < -0.39 is 18.2 Å². The van der Waals surface area contributed by atoms with E-state index in [0.29, 0.717) is 6.42 Å². The fourth-order valence-electron chi connectivity index (χ4n) is 7.29. The van der Waals surface area contributed by atoms with Crippen molar-refractivity contribution in [3.63, 3.8) is 0 Å². The summed E-state index contributed by atoms with van der Waals surface area (Å²) in [5, 5.41) is 48.1. The Morgan fingerprint density at radius 1 is 0.722 bits per heavy atom. The lowest BCUT2D eigenvalue weighted by atomic mass is 9.96. The fraction of sp³-hybridized carbons (Fsp3) is 0.227. The van der Waals surface area contributed by atoms with E-state index in [1.807, 2.05) is 104 Å². The number of amides is 4. The number of aromatic hydroxyl groups is 1.